The van der Waals surface area contributed by atoms with Crippen LogP contribution in [0.15, 0.2) is 18.2 Å². The van der Waals surface area contributed by atoms with E-state index in [0.717, 1.165) is 5.56 Å². The van der Waals surface area contributed by atoms with Crippen LogP contribution < -0.4 is 11.1 Å². The molecule has 4 heteroatoms. The second-order valence-electron chi connectivity index (χ2n) is 3.48. The van der Waals surface area contributed by atoms with Crippen LogP contribution in [0.25, 0.3) is 0 Å². The maximum Gasteiger partial charge on any atom is 0.321 e. The first-order chi connectivity index (χ1) is 7.06. The Labute approximate surface area is 90.1 Å². The van der Waals surface area contributed by atoms with Crippen molar-refractivity contribution in [3.8, 4) is 0 Å². The maximum atomic E-state index is 11.6. The van der Waals surface area contributed by atoms with Crippen LogP contribution in [0.1, 0.15) is 12.5 Å². The van der Waals surface area contributed by atoms with Crippen LogP contribution >= 0.6 is 0 Å². The molecule has 0 aliphatic rings. The summed E-state index contributed by atoms with van der Waals surface area (Å²) in [5, 5.41) is 2.79. The quantitative estimate of drug-likeness (QED) is 0.729. The van der Waals surface area contributed by atoms with Crippen LogP contribution in [0.5, 0.6) is 0 Å². The normalized spacial score (nSPS) is 9.80. The monoisotopic (exact) mass is 207 g/mol. The molecule has 1 rings (SSSR count). The lowest BCUT2D eigenvalue weighted by Crippen LogP contribution is -2.31. The van der Waals surface area contributed by atoms with Crippen LogP contribution in [-0.2, 0) is 0 Å². The van der Waals surface area contributed by atoms with Gasteiger partial charge in [-0.3, -0.25) is 0 Å². The summed E-state index contributed by atoms with van der Waals surface area (Å²) in [7, 11) is 1.74. The zero-order valence-electron chi connectivity index (χ0n) is 9.37. The molecule has 15 heavy (non-hydrogen) atoms. The second-order valence-corrected chi connectivity index (χ2v) is 3.48. The molecule has 0 saturated carbocycles. The third kappa shape index (κ3) is 2.62. The number of urea groups is 1. The highest BCUT2D eigenvalue weighted by atomic mass is 16.2. The molecule has 0 bridgehead atoms. The molecule has 82 valence electrons. The maximum absolute atomic E-state index is 11.6. The van der Waals surface area contributed by atoms with Crippen molar-refractivity contribution >= 4 is 17.4 Å². The van der Waals surface area contributed by atoms with Gasteiger partial charge in [-0.2, -0.15) is 0 Å². The van der Waals surface area contributed by atoms with Gasteiger partial charge in [0.25, 0.3) is 0 Å². The van der Waals surface area contributed by atoms with Crippen LogP contribution in [0.2, 0.25) is 0 Å². The number of hydrogen-bond donors (Lipinski definition) is 2. The Kier molecular flexibility index (Phi) is 3.55. The van der Waals surface area contributed by atoms with Crippen LogP contribution in [0.4, 0.5) is 16.2 Å². The smallest absolute Gasteiger partial charge is 0.321 e. The largest absolute Gasteiger partial charge is 0.397 e. The van der Waals surface area contributed by atoms with Gasteiger partial charge >= 0.3 is 6.03 Å². The van der Waals surface area contributed by atoms with Gasteiger partial charge in [0, 0.05) is 13.6 Å². The lowest BCUT2D eigenvalue weighted by molar-refractivity contribution is 0.224. The number of nitrogens with zero attached hydrogens (tertiary/aromatic N) is 1. The van der Waals surface area contributed by atoms with Crippen LogP contribution in [0, 0.1) is 6.92 Å². The number of hydrogen-bond acceptors (Lipinski definition) is 2. The third-order valence-electron chi connectivity index (χ3n) is 2.36. The van der Waals surface area contributed by atoms with E-state index < -0.39 is 0 Å². The van der Waals surface area contributed by atoms with Gasteiger partial charge in [-0.05, 0) is 25.5 Å². The Morgan fingerprint density at radius 3 is 2.73 bits per heavy atom. The Morgan fingerprint density at radius 1 is 1.53 bits per heavy atom. The summed E-state index contributed by atoms with van der Waals surface area (Å²) in [6, 6.07) is 5.41. The molecule has 4 nitrogen and oxygen atoms in total. The highest BCUT2D eigenvalue weighted by Gasteiger charge is 2.09. The van der Waals surface area contributed by atoms with Gasteiger partial charge in [0.2, 0.25) is 0 Å². The van der Waals surface area contributed by atoms with E-state index in [0.29, 0.717) is 17.9 Å². The number of nitrogens with one attached hydrogen (secondary N) is 1. The molecule has 0 saturated heterocycles. The first-order valence-electron chi connectivity index (χ1n) is 4.93. The van der Waals surface area contributed by atoms with Gasteiger partial charge in [0.15, 0.2) is 0 Å². The summed E-state index contributed by atoms with van der Waals surface area (Å²) in [5.74, 6) is 0. The fourth-order valence-electron chi connectivity index (χ4n) is 1.21. The molecule has 0 aliphatic heterocycles. The topological polar surface area (TPSA) is 58.4 Å². The molecule has 0 aliphatic carbocycles. The van der Waals surface area contributed by atoms with E-state index in [-0.39, 0.29) is 6.03 Å². The molecule has 2 amide bonds. The van der Waals surface area contributed by atoms with Crippen molar-refractivity contribution in [1.82, 2.24) is 4.90 Å². The Bertz CT molecular complexity index is 343. The number of anilines is 2. The summed E-state index contributed by atoms with van der Waals surface area (Å²) in [6.45, 7) is 4.50. The lowest BCUT2D eigenvalue weighted by atomic mass is 10.2. The van der Waals surface area contributed by atoms with E-state index in [4.69, 9.17) is 5.73 Å². The van der Waals surface area contributed by atoms with Gasteiger partial charge in [-0.25, -0.2) is 4.79 Å². The van der Waals surface area contributed by atoms with Gasteiger partial charge in [-0.1, -0.05) is 12.1 Å². The van der Waals surface area contributed by atoms with E-state index in [2.05, 4.69) is 5.32 Å². The van der Waals surface area contributed by atoms with Crippen molar-refractivity contribution in [2.75, 3.05) is 24.6 Å². The predicted molar refractivity (Wildman–Crippen MR) is 62.9 cm³/mol. The van der Waals surface area contributed by atoms with E-state index in [1.165, 1.54) is 0 Å². The molecular weight excluding hydrogens is 190 g/mol. The highest BCUT2D eigenvalue weighted by molar-refractivity contribution is 5.93. The van der Waals surface area contributed by atoms with Gasteiger partial charge in [-0.15, -0.1) is 0 Å². The van der Waals surface area contributed by atoms with Crippen molar-refractivity contribution in [1.29, 1.82) is 0 Å². The molecule has 0 fully saturated rings. The number of nitrogens with two attached hydrogens (primary N) is 1. The van der Waals surface area contributed by atoms with Crippen molar-refractivity contribution in [3.05, 3.63) is 23.8 Å². The molecule has 0 aromatic heterocycles. The number of amides is 2. The average Bonchev–Trinajstić information content (AvgIpc) is 2.22. The fraction of sp³-hybridized carbons (Fsp3) is 0.364. The summed E-state index contributed by atoms with van der Waals surface area (Å²) >= 11 is 0. The van der Waals surface area contributed by atoms with Gasteiger partial charge in [0.05, 0.1) is 11.4 Å². The van der Waals surface area contributed by atoms with E-state index in [9.17, 15) is 4.79 Å². The minimum Gasteiger partial charge on any atom is -0.397 e. The van der Waals surface area contributed by atoms with Crippen LogP contribution in [-0.4, -0.2) is 24.5 Å². The molecule has 0 spiro atoms. The molecule has 0 unspecified atom stereocenters. The van der Waals surface area contributed by atoms with E-state index in [1.807, 2.05) is 26.0 Å². The summed E-state index contributed by atoms with van der Waals surface area (Å²) in [6.07, 6.45) is 0. The Hall–Kier alpha value is -1.71. The number of nitrogen functional groups attached to an aromatic ring is 1. The third-order valence-corrected chi connectivity index (χ3v) is 2.36. The minimum absolute atomic E-state index is 0.140. The Balaban J connectivity index is 2.85. The number of carbonyl (C=O) groups excluding carboxylic acids is 1. The standard InChI is InChI=1S/C11H17N3O/c1-4-14(3)11(15)13-10-8(2)6-5-7-9(10)12/h5-7H,4,12H2,1-3H3,(H,13,15). The minimum atomic E-state index is -0.140. The number of carbonyl (C=O) groups is 1. The number of para-hydroxylation sites is 1. The van der Waals surface area contributed by atoms with Crippen molar-refractivity contribution in [3.63, 3.8) is 0 Å². The SMILES string of the molecule is CCN(C)C(=O)Nc1c(C)cccc1N. The second kappa shape index (κ2) is 4.68. The molecule has 3 N–H and O–H groups in total. The molecular formula is C11H17N3O. The first-order valence-corrected chi connectivity index (χ1v) is 4.93. The zero-order valence-corrected chi connectivity index (χ0v) is 9.37. The zero-order chi connectivity index (χ0) is 11.4. The molecule has 0 heterocycles. The van der Waals surface area contributed by atoms with Crippen molar-refractivity contribution in [2.24, 2.45) is 0 Å². The van der Waals surface area contributed by atoms with Crippen molar-refractivity contribution < 1.29 is 4.79 Å². The highest BCUT2D eigenvalue weighted by Crippen LogP contribution is 2.22. The molecule has 1 aromatic rings. The number of rotatable bonds is 2. The number of aryl methyl sites for hydroxylation is 1. The average molecular weight is 207 g/mol. The lowest BCUT2D eigenvalue weighted by Gasteiger charge is -2.17. The van der Waals surface area contributed by atoms with Crippen molar-refractivity contribution in [2.45, 2.75) is 13.8 Å². The van der Waals surface area contributed by atoms with E-state index in [1.54, 1.807) is 18.0 Å². The molecule has 0 atom stereocenters. The molecule has 1 aromatic carbocycles. The molecule has 0 radical (unpaired) electrons. The summed E-state index contributed by atoms with van der Waals surface area (Å²) in [5.41, 5.74) is 8.03. The fourth-order valence-corrected chi connectivity index (χ4v) is 1.21. The Morgan fingerprint density at radius 2 is 2.20 bits per heavy atom. The predicted octanol–water partition coefficient (Wildman–Crippen LogP) is 2.06. The summed E-state index contributed by atoms with van der Waals surface area (Å²) < 4.78 is 0. The first kappa shape index (κ1) is 11.4. The van der Waals surface area contributed by atoms with Crippen LogP contribution in [0.3, 0.4) is 0 Å². The number of benzene rings is 1. The summed E-state index contributed by atoms with van der Waals surface area (Å²) in [4.78, 5) is 13.2. The van der Waals surface area contributed by atoms with E-state index >= 15 is 0 Å². The van der Waals surface area contributed by atoms with Gasteiger partial charge < -0.3 is 16.0 Å². The van der Waals surface area contributed by atoms with Gasteiger partial charge in [0.1, 0.15) is 0 Å².